The first-order chi connectivity index (χ1) is 5.27. The maximum Gasteiger partial charge on any atom is 0.326 e. The van der Waals surface area contributed by atoms with Crippen LogP contribution >= 0.6 is 0 Å². The van der Waals surface area contributed by atoms with Crippen LogP contribution in [0.2, 0.25) is 0 Å². The molecule has 0 radical (unpaired) electrons. The molecule has 0 saturated heterocycles. The first-order valence-corrected chi connectivity index (χ1v) is 2.92. The number of carboxylic acids is 1. The molecule has 0 aliphatic rings. The molecule has 5 N–H and O–H groups in total. The van der Waals surface area contributed by atoms with E-state index in [0.717, 1.165) is 0 Å². The number of hydrogen-bond donors (Lipinski definition) is 3. The molecule has 7 heteroatoms. The fraction of sp³-hybridized carbons (Fsp3) is 0.600. The first-order valence-electron chi connectivity index (χ1n) is 2.92. The number of halogens is 2. The Hall–Kier alpha value is -1.24. The standard InChI is InChI=1S/C5H8F2N2O3/c6-5(7,1-2(8)10)3(9)4(11)12/h3H,1,9H2,(H2,8,10)(H,11,12)/t3-/m1/s1. The summed E-state index contributed by atoms with van der Waals surface area (Å²) < 4.78 is 25.0. The lowest BCUT2D eigenvalue weighted by Crippen LogP contribution is -2.48. The second-order valence-electron chi connectivity index (χ2n) is 2.22. The summed E-state index contributed by atoms with van der Waals surface area (Å²) >= 11 is 0. The molecule has 0 spiro atoms. The lowest BCUT2D eigenvalue weighted by molar-refractivity contribution is -0.150. The molecule has 5 nitrogen and oxygen atoms in total. The zero-order chi connectivity index (χ0) is 9.94. The highest BCUT2D eigenvalue weighted by Gasteiger charge is 2.43. The number of carbonyl (C=O) groups is 2. The van der Waals surface area contributed by atoms with Crippen molar-refractivity contribution in [2.24, 2.45) is 11.5 Å². The number of hydrogen-bond acceptors (Lipinski definition) is 3. The van der Waals surface area contributed by atoms with Crippen molar-refractivity contribution in [3.63, 3.8) is 0 Å². The number of aliphatic carboxylic acids is 1. The normalized spacial score (nSPS) is 13.9. The Morgan fingerprint density at radius 3 is 2.17 bits per heavy atom. The Morgan fingerprint density at radius 1 is 1.50 bits per heavy atom. The number of amides is 1. The van der Waals surface area contributed by atoms with Gasteiger partial charge in [-0.25, -0.2) is 8.78 Å². The zero-order valence-electron chi connectivity index (χ0n) is 5.96. The van der Waals surface area contributed by atoms with Gasteiger partial charge in [-0.05, 0) is 0 Å². The average molecular weight is 182 g/mol. The van der Waals surface area contributed by atoms with Crippen molar-refractivity contribution in [2.75, 3.05) is 0 Å². The van der Waals surface area contributed by atoms with Gasteiger partial charge in [0.1, 0.15) is 0 Å². The molecule has 0 unspecified atom stereocenters. The van der Waals surface area contributed by atoms with Gasteiger partial charge in [-0.1, -0.05) is 0 Å². The van der Waals surface area contributed by atoms with Crippen LogP contribution in [-0.2, 0) is 9.59 Å². The third-order valence-corrected chi connectivity index (χ3v) is 1.13. The molecule has 0 saturated carbocycles. The summed E-state index contributed by atoms with van der Waals surface area (Å²) in [5.41, 5.74) is 9.03. The fourth-order valence-corrected chi connectivity index (χ4v) is 0.523. The van der Waals surface area contributed by atoms with E-state index in [9.17, 15) is 18.4 Å². The molecule has 0 fully saturated rings. The molecule has 0 bridgehead atoms. The van der Waals surface area contributed by atoms with E-state index < -0.39 is 30.3 Å². The highest BCUT2D eigenvalue weighted by molar-refractivity contribution is 5.79. The van der Waals surface area contributed by atoms with Gasteiger partial charge in [0.2, 0.25) is 5.91 Å². The second-order valence-corrected chi connectivity index (χ2v) is 2.22. The monoisotopic (exact) mass is 182 g/mol. The highest BCUT2D eigenvalue weighted by atomic mass is 19.3. The highest BCUT2D eigenvalue weighted by Crippen LogP contribution is 2.21. The van der Waals surface area contributed by atoms with Crippen LogP contribution in [0.4, 0.5) is 8.78 Å². The Morgan fingerprint density at radius 2 is 1.92 bits per heavy atom. The smallest absolute Gasteiger partial charge is 0.326 e. The summed E-state index contributed by atoms with van der Waals surface area (Å²) in [4.78, 5) is 20.0. The van der Waals surface area contributed by atoms with Crippen LogP contribution in [-0.4, -0.2) is 28.9 Å². The van der Waals surface area contributed by atoms with Crippen molar-refractivity contribution in [1.82, 2.24) is 0 Å². The molecule has 0 aliphatic heterocycles. The Bertz CT molecular complexity index is 207. The summed E-state index contributed by atoms with van der Waals surface area (Å²) in [6.07, 6.45) is -1.36. The number of carboxylic acid groups (broad SMARTS) is 1. The van der Waals surface area contributed by atoms with Crippen molar-refractivity contribution in [3.05, 3.63) is 0 Å². The number of carbonyl (C=O) groups excluding carboxylic acids is 1. The van der Waals surface area contributed by atoms with Gasteiger partial charge < -0.3 is 16.6 Å². The Balaban J connectivity index is 4.38. The predicted molar refractivity (Wildman–Crippen MR) is 34.4 cm³/mol. The van der Waals surface area contributed by atoms with Gasteiger partial charge in [-0.3, -0.25) is 9.59 Å². The van der Waals surface area contributed by atoms with Gasteiger partial charge in [-0.2, -0.15) is 0 Å². The van der Waals surface area contributed by atoms with Crippen molar-refractivity contribution < 1.29 is 23.5 Å². The molecule has 0 rings (SSSR count). The molecular formula is C5H8F2N2O3. The molecule has 0 aromatic rings. The Labute approximate surface area is 66.3 Å². The van der Waals surface area contributed by atoms with Gasteiger partial charge in [-0.15, -0.1) is 0 Å². The number of rotatable bonds is 4. The van der Waals surface area contributed by atoms with Crippen LogP contribution in [0.3, 0.4) is 0 Å². The van der Waals surface area contributed by atoms with Gasteiger partial charge >= 0.3 is 5.97 Å². The molecule has 0 aromatic heterocycles. The SMILES string of the molecule is NC(=O)CC(F)(F)[C@H](N)C(=O)O. The summed E-state index contributed by atoms with van der Waals surface area (Å²) in [6.45, 7) is 0. The molecular weight excluding hydrogens is 174 g/mol. The summed E-state index contributed by atoms with van der Waals surface area (Å²) in [5.74, 6) is -6.96. The third-order valence-electron chi connectivity index (χ3n) is 1.13. The van der Waals surface area contributed by atoms with Crippen molar-refractivity contribution in [2.45, 2.75) is 18.4 Å². The topological polar surface area (TPSA) is 106 Å². The average Bonchev–Trinajstić information content (AvgIpc) is 1.82. The predicted octanol–water partition coefficient (Wildman–Crippen LogP) is -1.09. The van der Waals surface area contributed by atoms with Gasteiger partial charge in [0, 0.05) is 0 Å². The van der Waals surface area contributed by atoms with Crippen LogP contribution in [0.25, 0.3) is 0 Å². The number of alkyl halides is 2. The van der Waals surface area contributed by atoms with Crippen LogP contribution in [0.1, 0.15) is 6.42 Å². The van der Waals surface area contributed by atoms with Gasteiger partial charge in [0.25, 0.3) is 5.92 Å². The quantitative estimate of drug-likeness (QED) is 0.513. The van der Waals surface area contributed by atoms with E-state index in [-0.39, 0.29) is 0 Å². The van der Waals surface area contributed by atoms with Crippen LogP contribution in [0.5, 0.6) is 0 Å². The third kappa shape index (κ3) is 2.79. The largest absolute Gasteiger partial charge is 0.480 e. The minimum absolute atomic E-state index is 1.29. The van der Waals surface area contributed by atoms with E-state index in [2.05, 4.69) is 11.5 Å². The first kappa shape index (κ1) is 10.8. The molecule has 70 valence electrons. The summed E-state index contributed by atoms with van der Waals surface area (Å²) in [7, 11) is 0. The molecule has 1 atom stereocenters. The molecule has 0 heterocycles. The van der Waals surface area contributed by atoms with E-state index in [0.29, 0.717) is 0 Å². The fourth-order valence-electron chi connectivity index (χ4n) is 0.523. The molecule has 12 heavy (non-hydrogen) atoms. The van der Waals surface area contributed by atoms with Crippen LogP contribution in [0.15, 0.2) is 0 Å². The summed E-state index contributed by atoms with van der Waals surface area (Å²) in [5, 5.41) is 8.07. The lowest BCUT2D eigenvalue weighted by Gasteiger charge is -2.17. The molecule has 0 aromatic carbocycles. The zero-order valence-corrected chi connectivity index (χ0v) is 5.96. The summed E-state index contributed by atoms with van der Waals surface area (Å²) in [6, 6.07) is -2.40. The van der Waals surface area contributed by atoms with E-state index >= 15 is 0 Å². The Kier molecular flexibility index (Phi) is 3.08. The van der Waals surface area contributed by atoms with E-state index in [1.54, 1.807) is 0 Å². The van der Waals surface area contributed by atoms with Gasteiger partial charge in [0.15, 0.2) is 6.04 Å². The number of primary amides is 1. The molecule has 0 aliphatic carbocycles. The minimum atomic E-state index is -3.79. The van der Waals surface area contributed by atoms with Crippen molar-refractivity contribution in [1.29, 1.82) is 0 Å². The van der Waals surface area contributed by atoms with Gasteiger partial charge in [0.05, 0.1) is 6.42 Å². The van der Waals surface area contributed by atoms with E-state index in [1.807, 2.05) is 0 Å². The van der Waals surface area contributed by atoms with E-state index in [4.69, 9.17) is 5.11 Å². The minimum Gasteiger partial charge on any atom is -0.480 e. The van der Waals surface area contributed by atoms with Crippen LogP contribution < -0.4 is 11.5 Å². The number of nitrogens with two attached hydrogens (primary N) is 2. The van der Waals surface area contributed by atoms with E-state index in [1.165, 1.54) is 0 Å². The van der Waals surface area contributed by atoms with Crippen molar-refractivity contribution in [3.8, 4) is 0 Å². The van der Waals surface area contributed by atoms with Crippen LogP contribution in [0, 0.1) is 0 Å². The van der Waals surface area contributed by atoms with Crippen molar-refractivity contribution >= 4 is 11.9 Å². The molecule has 1 amide bonds. The maximum absolute atomic E-state index is 12.5. The maximum atomic E-state index is 12.5. The lowest BCUT2D eigenvalue weighted by atomic mass is 10.1. The second kappa shape index (κ2) is 3.44.